The number of aryl methyl sites for hydroxylation is 3. The van der Waals surface area contributed by atoms with Crippen LogP contribution in [-0.4, -0.2) is 26.4 Å². The lowest BCUT2D eigenvalue weighted by Crippen LogP contribution is -2.16. The summed E-state index contributed by atoms with van der Waals surface area (Å²) < 4.78 is 8.12. The molecule has 6 nitrogen and oxygen atoms in total. The minimum Gasteiger partial charge on any atom is -0.483 e. The van der Waals surface area contributed by atoms with Crippen LogP contribution in [0.5, 0.6) is 5.75 Å². The summed E-state index contributed by atoms with van der Waals surface area (Å²) >= 11 is 1.38. The minimum absolute atomic E-state index is 0.0685. The third kappa shape index (κ3) is 5.42. The summed E-state index contributed by atoms with van der Waals surface area (Å²) in [6, 6.07) is 13.9. The van der Waals surface area contributed by atoms with Crippen LogP contribution in [0, 0.1) is 20.8 Å². The Balaban J connectivity index is 1.66. The molecule has 0 aliphatic carbocycles. The number of nitrogens with zero attached hydrogens (tertiary/aromatic N) is 3. The highest BCUT2D eigenvalue weighted by molar-refractivity contribution is 7.99. The molecule has 1 heterocycles. The number of anilines is 1. The van der Waals surface area contributed by atoms with E-state index >= 15 is 0 Å². The summed E-state index contributed by atoms with van der Waals surface area (Å²) in [4.78, 5) is 12.4. The van der Waals surface area contributed by atoms with Crippen molar-refractivity contribution in [2.24, 2.45) is 0 Å². The first-order chi connectivity index (χ1) is 14.4. The molecule has 0 radical (unpaired) electrons. The number of aromatic nitrogens is 3. The van der Waals surface area contributed by atoms with Gasteiger partial charge < -0.3 is 14.6 Å². The number of benzene rings is 2. The highest BCUT2D eigenvalue weighted by Crippen LogP contribution is 2.26. The summed E-state index contributed by atoms with van der Waals surface area (Å²) in [5.41, 5.74) is 4.18. The fourth-order valence-corrected chi connectivity index (χ4v) is 4.10. The van der Waals surface area contributed by atoms with Gasteiger partial charge in [0.25, 0.3) is 0 Å². The largest absolute Gasteiger partial charge is 0.483 e. The second kappa shape index (κ2) is 9.80. The zero-order valence-electron chi connectivity index (χ0n) is 18.1. The number of thioether (sulfide) groups is 1. The van der Waals surface area contributed by atoms with E-state index in [1.807, 2.05) is 61.7 Å². The maximum atomic E-state index is 12.4. The first-order valence-electron chi connectivity index (χ1n) is 10.0. The molecule has 1 atom stereocenters. The van der Waals surface area contributed by atoms with Crippen LogP contribution in [0.4, 0.5) is 5.69 Å². The summed E-state index contributed by atoms with van der Waals surface area (Å²) in [5.74, 6) is 1.76. The lowest BCUT2D eigenvalue weighted by Gasteiger charge is -2.16. The van der Waals surface area contributed by atoms with Crippen LogP contribution in [0.3, 0.4) is 0 Å². The molecule has 0 spiro atoms. The van der Waals surface area contributed by atoms with Crippen molar-refractivity contribution in [3.8, 4) is 5.75 Å². The van der Waals surface area contributed by atoms with E-state index in [2.05, 4.69) is 35.4 Å². The molecule has 7 heteroatoms. The van der Waals surface area contributed by atoms with Gasteiger partial charge in [-0.25, -0.2) is 0 Å². The van der Waals surface area contributed by atoms with Crippen LogP contribution in [0.2, 0.25) is 0 Å². The van der Waals surface area contributed by atoms with Crippen LogP contribution < -0.4 is 10.1 Å². The van der Waals surface area contributed by atoms with Crippen molar-refractivity contribution in [1.82, 2.24) is 14.8 Å². The molecule has 0 bridgehead atoms. The molecule has 3 rings (SSSR count). The van der Waals surface area contributed by atoms with E-state index in [1.165, 1.54) is 11.8 Å². The molecule has 0 saturated carbocycles. The maximum Gasteiger partial charge on any atom is 0.234 e. The number of para-hydroxylation sites is 1. The first-order valence-corrected chi connectivity index (χ1v) is 11.0. The number of carbonyl (C=O) groups is 1. The molecule has 30 heavy (non-hydrogen) atoms. The highest BCUT2D eigenvalue weighted by Gasteiger charge is 2.19. The van der Waals surface area contributed by atoms with Gasteiger partial charge in [0.1, 0.15) is 5.75 Å². The van der Waals surface area contributed by atoms with E-state index < -0.39 is 0 Å². The van der Waals surface area contributed by atoms with Gasteiger partial charge in [-0.05, 0) is 69.5 Å². The van der Waals surface area contributed by atoms with Gasteiger partial charge >= 0.3 is 0 Å². The molecule has 1 aromatic heterocycles. The number of hydrogen-bond acceptors (Lipinski definition) is 5. The molecule has 0 fully saturated rings. The van der Waals surface area contributed by atoms with Gasteiger partial charge in [-0.2, -0.15) is 0 Å². The summed E-state index contributed by atoms with van der Waals surface area (Å²) in [6.45, 7) is 10.8. The Hall–Kier alpha value is -2.80. The average molecular weight is 425 g/mol. The number of carbonyl (C=O) groups excluding carboxylic acids is 1. The van der Waals surface area contributed by atoms with E-state index in [0.717, 1.165) is 34.0 Å². The molecular weight excluding hydrogens is 396 g/mol. The third-order valence-corrected chi connectivity index (χ3v) is 5.65. The van der Waals surface area contributed by atoms with Gasteiger partial charge in [-0.1, -0.05) is 36.0 Å². The monoisotopic (exact) mass is 424 g/mol. The number of rotatable bonds is 8. The van der Waals surface area contributed by atoms with Crippen LogP contribution >= 0.6 is 11.8 Å². The number of nitrogens with one attached hydrogen (secondary N) is 1. The SMILES string of the molecule is CCn1c(SCC(=O)Nc2ccccc2C)nnc1C(C)Oc1cc(C)cc(C)c1. The number of hydrogen-bond donors (Lipinski definition) is 1. The molecule has 1 amide bonds. The van der Waals surface area contributed by atoms with Gasteiger partial charge in [0, 0.05) is 12.2 Å². The molecule has 1 unspecified atom stereocenters. The molecule has 1 N–H and O–H groups in total. The van der Waals surface area contributed by atoms with Crippen LogP contribution in [0.25, 0.3) is 0 Å². The quantitative estimate of drug-likeness (QED) is 0.510. The number of ether oxygens (including phenoxy) is 1. The van der Waals surface area contributed by atoms with Crippen LogP contribution in [0.1, 0.15) is 42.5 Å². The molecule has 158 valence electrons. The Morgan fingerprint density at radius 3 is 2.50 bits per heavy atom. The second-order valence-corrected chi connectivity index (χ2v) is 8.26. The van der Waals surface area contributed by atoms with Crippen molar-refractivity contribution in [2.75, 3.05) is 11.1 Å². The standard InChI is InChI=1S/C23H28N4O2S/c1-6-27-22(18(5)29-19-12-15(2)11-16(3)13-19)25-26-23(27)30-14-21(28)24-20-10-8-7-9-17(20)4/h7-13,18H,6,14H2,1-5H3,(H,24,28). The van der Waals surface area contributed by atoms with Gasteiger partial charge in [0.05, 0.1) is 5.75 Å². The fourth-order valence-electron chi connectivity index (χ4n) is 3.29. The molecule has 0 aliphatic heterocycles. The summed E-state index contributed by atoms with van der Waals surface area (Å²) in [7, 11) is 0. The zero-order chi connectivity index (χ0) is 21.7. The molecule has 0 saturated heterocycles. The molecule has 2 aromatic carbocycles. The molecule has 3 aromatic rings. The van der Waals surface area contributed by atoms with Crippen molar-refractivity contribution < 1.29 is 9.53 Å². The molecular formula is C23H28N4O2S. The average Bonchev–Trinajstić information content (AvgIpc) is 3.10. The topological polar surface area (TPSA) is 69.0 Å². The Labute approximate surface area is 182 Å². The summed E-state index contributed by atoms with van der Waals surface area (Å²) in [5, 5.41) is 12.3. The Morgan fingerprint density at radius 1 is 1.13 bits per heavy atom. The van der Waals surface area contributed by atoms with E-state index in [1.54, 1.807) is 0 Å². The summed E-state index contributed by atoms with van der Waals surface area (Å²) in [6.07, 6.45) is -0.256. The van der Waals surface area contributed by atoms with Crippen LogP contribution in [0.15, 0.2) is 47.6 Å². The van der Waals surface area contributed by atoms with Crippen molar-refractivity contribution in [1.29, 1.82) is 0 Å². The normalized spacial score (nSPS) is 11.9. The first kappa shape index (κ1) is 21.9. The van der Waals surface area contributed by atoms with E-state index in [9.17, 15) is 4.79 Å². The Kier molecular flexibility index (Phi) is 7.15. The Bertz CT molecular complexity index is 1010. The lowest BCUT2D eigenvalue weighted by atomic mass is 10.1. The predicted octanol–water partition coefficient (Wildman–Crippen LogP) is 5.09. The van der Waals surface area contributed by atoms with Crippen molar-refractivity contribution in [3.05, 3.63) is 65.0 Å². The fraction of sp³-hybridized carbons (Fsp3) is 0.348. The van der Waals surface area contributed by atoms with E-state index in [-0.39, 0.29) is 17.8 Å². The van der Waals surface area contributed by atoms with E-state index in [4.69, 9.17) is 4.74 Å². The van der Waals surface area contributed by atoms with Crippen molar-refractivity contribution in [2.45, 2.75) is 52.4 Å². The Morgan fingerprint density at radius 2 is 1.83 bits per heavy atom. The lowest BCUT2D eigenvalue weighted by molar-refractivity contribution is -0.113. The van der Waals surface area contributed by atoms with Gasteiger partial charge in [-0.3, -0.25) is 4.79 Å². The van der Waals surface area contributed by atoms with Crippen LogP contribution in [-0.2, 0) is 11.3 Å². The highest BCUT2D eigenvalue weighted by atomic mass is 32.2. The smallest absolute Gasteiger partial charge is 0.234 e. The third-order valence-electron chi connectivity index (χ3n) is 4.68. The molecule has 0 aliphatic rings. The van der Waals surface area contributed by atoms with Gasteiger partial charge in [0.15, 0.2) is 17.1 Å². The predicted molar refractivity (Wildman–Crippen MR) is 121 cm³/mol. The second-order valence-electron chi connectivity index (χ2n) is 7.32. The minimum atomic E-state index is -0.256. The number of amides is 1. The van der Waals surface area contributed by atoms with Crippen molar-refractivity contribution >= 4 is 23.4 Å². The maximum absolute atomic E-state index is 12.4. The van der Waals surface area contributed by atoms with Gasteiger partial charge in [0.2, 0.25) is 5.91 Å². The van der Waals surface area contributed by atoms with E-state index in [0.29, 0.717) is 11.7 Å². The van der Waals surface area contributed by atoms with Crippen molar-refractivity contribution in [3.63, 3.8) is 0 Å². The zero-order valence-corrected chi connectivity index (χ0v) is 18.9. The van der Waals surface area contributed by atoms with Gasteiger partial charge in [-0.15, -0.1) is 10.2 Å².